The minimum Gasteiger partial charge on any atom is -0.347 e. The maximum absolute atomic E-state index is 11.6. The van der Waals surface area contributed by atoms with Gasteiger partial charge in [-0.1, -0.05) is 13.8 Å². The summed E-state index contributed by atoms with van der Waals surface area (Å²) >= 11 is 5.76. The smallest absolute Gasteiger partial charge is 0.273 e. The van der Waals surface area contributed by atoms with Gasteiger partial charge in [-0.05, 0) is 12.3 Å². The minimum absolute atomic E-state index is 0.0177. The number of aromatic amines is 1. The van der Waals surface area contributed by atoms with Crippen LogP contribution < -0.4 is 5.32 Å². The predicted octanol–water partition coefficient (Wildman–Crippen LogP) is 1.19. The van der Waals surface area contributed by atoms with Crippen molar-refractivity contribution in [1.82, 2.24) is 20.7 Å². The first-order valence-corrected chi connectivity index (χ1v) is 5.39. The molecule has 1 aromatic rings. The maximum Gasteiger partial charge on any atom is 0.273 e. The summed E-state index contributed by atoms with van der Waals surface area (Å²) in [6.45, 7) is 4.17. The fourth-order valence-corrected chi connectivity index (χ4v) is 1.50. The van der Waals surface area contributed by atoms with E-state index in [1.54, 1.807) is 0 Å². The molecule has 1 heterocycles. The molecule has 5 nitrogen and oxygen atoms in total. The molecule has 0 radical (unpaired) electrons. The van der Waals surface area contributed by atoms with Crippen LogP contribution in [-0.2, 0) is 0 Å². The van der Waals surface area contributed by atoms with Gasteiger partial charge in [0.1, 0.15) is 0 Å². The molecular formula is C9H15ClN4O. The van der Waals surface area contributed by atoms with Crippen molar-refractivity contribution in [2.45, 2.75) is 26.3 Å². The third kappa shape index (κ3) is 3.87. The molecule has 6 heteroatoms. The topological polar surface area (TPSA) is 70.7 Å². The molecule has 0 aliphatic carbocycles. The van der Waals surface area contributed by atoms with Crippen LogP contribution in [0, 0.1) is 5.92 Å². The molecular weight excluding hydrogens is 216 g/mol. The maximum atomic E-state index is 11.6. The number of carbonyl (C=O) groups is 1. The number of H-pyrrole nitrogens is 1. The molecule has 0 fully saturated rings. The zero-order chi connectivity index (χ0) is 11.3. The summed E-state index contributed by atoms with van der Waals surface area (Å²) in [6, 6.07) is -0.0177. The van der Waals surface area contributed by atoms with Crippen LogP contribution in [0.2, 0.25) is 0 Å². The molecule has 1 atom stereocenters. The van der Waals surface area contributed by atoms with Crippen LogP contribution in [0.4, 0.5) is 0 Å². The number of amides is 1. The lowest BCUT2D eigenvalue weighted by atomic mass is 10.1. The van der Waals surface area contributed by atoms with E-state index < -0.39 is 0 Å². The van der Waals surface area contributed by atoms with Gasteiger partial charge in [-0.15, -0.1) is 11.6 Å². The van der Waals surface area contributed by atoms with Gasteiger partial charge in [-0.25, -0.2) is 0 Å². The number of carbonyl (C=O) groups excluding carboxylic acids is 1. The highest BCUT2D eigenvalue weighted by atomic mass is 35.5. The normalized spacial score (nSPS) is 12.8. The summed E-state index contributed by atoms with van der Waals surface area (Å²) < 4.78 is 0. The molecule has 1 unspecified atom stereocenters. The Morgan fingerprint density at radius 2 is 2.40 bits per heavy atom. The van der Waals surface area contributed by atoms with E-state index in [0.29, 0.717) is 11.8 Å². The number of hydrogen-bond acceptors (Lipinski definition) is 3. The van der Waals surface area contributed by atoms with Gasteiger partial charge in [-0.3, -0.25) is 4.79 Å². The lowest BCUT2D eigenvalue weighted by Gasteiger charge is -2.17. The zero-order valence-corrected chi connectivity index (χ0v) is 9.58. The monoisotopic (exact) mass is 230 g/mol. The first-order valence-electron chi connectivity index (χ1n) is 4.86. The Morgan fingerprint density at radius 3 is 2.87 bits per heavy atom. The highest BCUT2D eigenvalue weighted by Crippen LogP contribution is 2.06. The lowest BCUT2D eigenvalue weighted by Crippen LogP contribution is -2.37. The van der Waals surface area contributed by atoms with Crippen molar-refractivity contribution in [1.29, 1.82) is 0 Å². The predicted molar refractivity (Wildman–Crippen MR) is 57.8 cm³/mol. The van der Waals surface area contributed by atoms with Gasteiger partial charge in [0.05, 0.1) is 6.20 Å². The standard InChI is InChI=1S/C9H15ClN4O/c1-6(2)3-7(4-10)12-9(15)8-5-11-14-13-8/h5-7H,3-4H2,1-2H3,(H,12,15)(H,11,13,14). The van der Waals surface area contributed by atoms with Gasteiger partial charge in [0.25, 0.3) is 5.91 Å². The summed E-state index contributed by atoms with van der Waals surface area (Å²) in [7, 11) is 0. The Morgan fingerprint density at radius 1 is 1.67 bits per heavy atom. The molecule has 0 aliphatic heterocycles. The fraction of sp³-hybridized carbons (Fsp3) is 0.667. The van der Waals surface area contributed by atoms with Gasteiger partial charge < -0.3 is 5.32 Å². The molecule has 1 rings (SSSR count). The highest BCUT2D eigenvalue weighted by Gasteiger charge is 2.15. The van der Waals surface area contributed by atoms with Crippen molar-refractivity contribution in [2.75, 3.05) is 5.88 Å². The Hall–Kier alpha value is -1.10. The van der Waals surface area contributed by atoms with Crippen LogP contribution >= 0.6 is 11.6 Å². The average Bonchev–Trinajstić information content (AvgIpc) is 2.68. The van der Waals surface area contributed by atoms with Crippen molar-refractivity contribution in [3.8, 4) is 0 Å². The second-order valence-electron chi connectivity index (χ2n) is 3.81. The van der Waals surface area contributed by atoms with Gasteiger partial charge in [0.2, 0.25) is 0 Å². The van der Waals surface area contributed by atoms with E-state index >= 15 is 0 Å². The third-order valence-corrected chi connectivity index (χ3v) is 2.30. The number of alkyl halides is 1. The molecule has 84 valence electrons. The number of rotatable bonds is 5. The first-order chi connectivity index (χ1) is 7.13. The molecule has 15 heavy (non-hydrogen) atoms. The second-order valence-corrected chi connectivity index (χ2v) is 4.12. The largest absolute Gasteiger partial charge is 0.347 e. The van der Waals surface area contributed by atoms with Crippen LogP contribution in [0.15, 0.2) is 6.20 Å². The van der Waals surface area contributed by atoms with Gasteiger partial charge in [0, 0.05) is 11.9 Å². The third-order valence-electron chi connectivity index (χ3n) is 1.93. The van der Waals surface area contributed by atoms with E-state index in [2.05, 4.69) is 34.6 Å². The number of aromatic nitrogens is 3. The minimum atomic E-state index is -0.241. The number of hydrogen-bond donors (Lipinski definition) is 2. The van der Waals surface area contributed by atoms with Gasteiger partial charge in [-0.2, -0.15) is 15.4 Å². The molecule has 2 N–H and O–H groups in total. The summed E-state index contributed by atoms with van der Waals surface area (Å²) in [5.74, 6) is 0.656. The Labute approximate surface area is 93.6 Å². The van der Waals surface area contributed by atoms with Crippen molar-refractivity contribution in [2.24, 2.45) is 5.92 Å². The van der Waals surface area contributed by atoms with E-state index in [4.69, 9.17) is 11.6 Å². The molecule has 0 aliphatic rings. The summed E-state index contributed by atoms with van der Waals surface area (Å²) in [4.78, 5) is 11.6. The second kappa shape index (κ2) is 5.70. The average molecular weight is 231 g/mol. The molecule has 0 saturated carbocycles. The van der Waals surface area contributed by atoms with Crippen LogP contribution in [-0.4, -0.2) is 33.2 Å². The van der Waals surface area contributed by atoms with E-state index in [9.17, 15) is 4.79 Å². The highest BCUT2D eigenvalue weighted by molar-refractivity contribution is 6.18. The molecule has 0 bridgehead atoms. The quantitative estimate of drug-likeness (QED) is 0.747. The number of nitrogens with zero attached hydrogens (tertiary/aromatic N) is 2. The number of halogens is 1. The Kier molecular flexibility index (Phi) is 4.55. The summed E-state index contributed by atoms with van der Waals surface area (Å²) in [5, 5.41) is 12.5. The molecule has 0 aromatic carbocycles. The van der Waals surface area contributed by atoms with Gasteiger partial charge in [0.15, 0.2) is 5.69 Å². The van der Waals surface area contributed by atoms with Crippen LogP contribution in [0.1, 0.15) is 30.8 Å². The van der Waals surface area contributed by atoms with E-state index in [-0.39, 0.29) is 17.6 Å². The van der Waals surface area contributed by atoms with Crippen molar-refractivity contribution in [3.63, 3.8) is 0 Å². The van der Waals surface area contributed by atoms with E-state index in [1.807, 2.05) is 0 Å². The summed E-state index contributed by atoms with van der Waals surface area (Å²) in [5.41, 5.74) is 0.286. The van der Waals surface area contributed by atoms with E-state index in [1.165, 1.54) is 6.20 Å². The van der Waals surface area contributed by atoms with Crippen LogP contribution in [0.3, 0.4) is 0 Å². The Balaban J connectivity index is 2.48. The SMILES string of the molecule is CC(C)CC(CCl)NC(=O)c1cn[nH]n1. The first kappa shape index (κ1) is 12.0. The molecule has 1 amide bonds. The number of nitrogens with one attached hydrogen (secondary N) is 2. The lowest BCUT2D eigenvalue weighted by molar-refractivity contribution is 0.0931. The zero-order valence-electron chi connectivity index (χ0n) is 8.83. The van der Waals surface area contributed by atoms with Crippen LogP contribution in [0.5, 0.6) is 0 Å². The van der Waals surface area contributed by atoms with Crippen molar-refractivity contribution >= 4 is 17.5 Å². The molecule has 0 spiro atoms. The van der Waals surface area contributed by atoms with E-state index in [0.717, 1.165) is 6.42 Å². The molecule has 0 saturated heterocycles. The van der Waals surface area contributed by atoms with Gasteiger partial charge >= 0.3 is 0 Å². The molecule has 1 aromatic heterocycles. The van der Waals surface area contributed by atoms with Crippen molar-refractivity contribution in [3.05, 3.63) is 11.9 Å². The Bertz CT molecular complexity index is 299. The van der Waals surface area contributed by atoms with Crippen molar-refractivity contribution < 1.29 is 4.79 Å². The summed E-state index contributed by atoms with van der Waals surface area (Å²) in [6.07, 6.45) is 2.24. The fourth-order valence-electron chi connectivity index (χ4n) is 1.30. The van der Waals surface area contributed by atoms with Crippen LogP contribution in [0.25, 0.3) is 0 Å².